The summed E-state index contributed by atoms with van der Waals surface area (Å²) < 4.78 is 26.0. The summed E-state index contributed by atoms with van der Waals surface area (Å²) in [5.74, 6) is -1.16. The van der Waals surface area contributed by atoms with Gasteiger partial charge in [-0.05, 0) is 37.1 Å². The minimum Gasteiger partial charge on any atom is -0.478 e. The van der Waals surface area contributed by atoms with Crippen LogP contribution in [0.3, 0.4) is 0 Å². The zero-order chi connectivity index (χ0) is 19.9. The first-order chi connectivity index (χ1) is 12.9. The lowest BCUT2D eigenvalue weighted by Crippen LogP contribution is -2.26. The van der Waals surface area contributed by atoms with Crippen molar-refractivity contribution >= 4 is 27.4 Å². The van der Waals surface area contributed by atoms with Gasteiger partial charge in [0.2, 0.25) is 10.0 Å². The fourth-order valence-electron chi connectivity index (χ4n) is 2.74. The molecule has 2 N–H and O–H groups in total. The highest BCUT2D eigenvalue weighted by Crippen LogP contribution is 2.27. The average molecular weight is 391 g/mol. The Balaban J connectivity index is 2.39. The van der Waals surface area contributed by atoms with Crippen molar-refractivity contribution < 1.29 is 18.3 Å². The van der Waals surface area contributed by atoms with Crippen LogP contribution in [0, 0.1) is 0 Å². The van der Waals surface area contributed by atoms with Crippen molar-refractivity contribution in [2.75, 3.05) is 21.9 Å². The molecule has 0 fully saturated rings. The Morgan fingerprint density at radius 1 is 1.11 bits per heavy atom. The van der Waals surface area contributed by atoms with Crippen molar-refractivity contribution in [2.45, 2.75) is 33.2 Å². The van der Waals surface area contributed by atoms with E-state index >= 15 is 0 Å². The highest BCUT2D eigenvalue weighted by Gasteiger charge is 2.18. The summed E-state index contributed by atoms with van der Waals surface area (Å²) in [4.78, 5) is 13.9. The van der Waals surface area contributed by atoms with E-state index in [9.17, 15) is 18.3 Å². The standard InChI is InChI=1S/C20H26N2O4S/c1-3-5-13-22(15-16-9-7-6-8-10-16)19-12-11-17(14-18(19)20(23)24)21-27(25,26)4-2/h6-12,14,21H,3-5,13,15H2,1-2H3,(H,23,24). The molecule has 0 heterocycles. The third-order valence-corrected chi connectivity index (χ3v) is 5.53. The molecule has 2 aromatic carbocycles. The minimum atomic E-state index is -3.47. The first-order valence-electron chi connectivity index (χ1n) is 9.03. The molecule has 0 saturated carbocycles. The number of hydrogen-bond acceptors (Lipinski definition) is 4. The molecule has 27 heavy (non-hydrogen) atoms. The van der Waals surface area contributed by atoms with Crippen LogP contribution in [0.2, 0.25) is 0 Å². The summed E-state index contributed by atoms with van der Waals surface area (Å²) >= 11 is 0. The van der Waals surface area contributed by atoms with Crippen molar-refractivity contribution in [3.63, 3.8) is 0 Å². The lowest BCUT2D eigenvalue weighted by Gasteiger charge is -2.27. The van der Waals surface area contributed by atoms with Gasteiger partial charge < -0.3 is 10.0 Å². The van der Waals surface area contributed by atoms with Gasteiger partial charge in [-0.3, -0.25) is 4.72 Å². The van der Waals surface area contributed by atoms with E-state index < -0.39 is 16.0 Å². The molecule has 0 atom stereocenters. The van der Waals surface area contributed by atoms with Gasteiger partial charge in [0.25, 0.3) is 0 Å². The molecule has 2 aromatic rings. The fraction of sp³-hybridized carbons (Fsp3) is 0.350. The van der Waals surface area contributed by atoms with E-state index in [1.165, 1.54) is 13.0 Å². The monoisotopic (exact) mass is 390 g/mol. The van der Waals surface area contributed by atoms with Gasteiger partial charge >= 0.3 is 5.97 Å². The van der Waals surface area contributed by atoms with Gasteiger partial charge in [0.15, 0.2) is 0 Å². The second-order valence-electron chi connectivity index (χ2n) is 6.30. The summed E-state index contributed by atoms with van der Waals surface area (Å²) in [6, 6.07) is 14.5. The zero-order valence-electron chi connectivity index (χ0n) is 15.7. The number of nitrogens with zero attached hydrogens (tertiary/aromatic N) is 1. The van der Waals surface area contributed by atoms with E-state index in [-0.39, 0.29) is 17.0 Å². The molecule has 7 heteroatoms. The topological polar surface area (TPSA) is 86.7 Å². The van der Waals surface area contributed by atoms with Crippen LogP contribution >= 0.6 is 0 Å². The number of sulfonamides is 1. The first kappa shape index (κ1) is 20.8. The molecule has 0 aromatic heterocycles. The van der Waals surface area contributed by atoms with Crippen LogP contribution in [0.5, 0.6) is 0 Å². The number of aromatic carboxylic acids is 1. The summed E-state index contributed by atoms with van der Waals surface area (Å²) in [6.07, 6.45) is 1.91. The smallest absolute Gasteiger partial charge is 0.337 e. The summed E-state index contributed by atoms with van der Waals surface area (Å²) in [5.41, 5.74) is 2.01. The van der Waals surface area contributed by atoms with E-state index in [0.29, 0.717) is 18.8 Å². The van der Waals surface area contributed by atoms with Gasteiger partial charge in [0.05, 0.1) is 17.0 Å². The number of rotatable bonds is 10. The molecule has 0 bridgehead atoms. The third-order valence-electron chi connectivity index (χ3n) is 4.22. The molecule has 0 amide bonds. The third kappa shape index (κ3) is 5.99. The first-order valence-corrected chi connectivity index (χ1v) is 10.7. The number of carboxylic acid groups (broad SMARTS) is 1. The van der Waals surface area contributed by atoms with Crippen molar-refractivity contribution in [3.8, 4) is 0 Å². The number of carbonyl (C=O) groups is 1. The van der Waals surface area contributed by atoms with E-state index in [0.717, 1.165) is 18.4 Å². The molecule has 0 aliphatic carbocycles. The van der Waals surface area contributed by atoms with Gasteiger partial charge in [0, 0.05) is 18.8 Å². The van der Waals surface area contributed by atoms with Crippen molar-refractivity contribution in [1.82, 2.24) is 0 Å². The molecule has 0 saturated heterocycles. The van der Waals surface area contributed by atoms with Gasteiger partial charge in [-0.25, -0.2) is 13.2 Å². The Morgan fingerprint density at radius 3 is 2.41 bits per heavy atom. The fourth-order valence-corrected chi connectivity index (χ4v) is 3.37. The van der Waals surface area contributed by atoms with Crippen LogP contribution < -0.4 is 9.62 Å². The van der Waals surface area contributed by atoms with Crippen molar-refractivity contribution in [1.29, 1.82) is 0 Å². The number of carboxylic acids is 1. The molecule has 146 valence electrons. The normalized spacial score (nSPS) is 11.2. The second kappa shape index (κ2) is 9.41. The van der Waals surface area contributed by atoms with Crippen LogP contribution in [0.15, 0.2) is 48.5 Å². The molecule has 0 unspecified atom stereocenters. The average Bonchev–Trinajstić information content (AvgIpc) is 2.65. The van der Waals surface area contributed by atoms with Crippen LogP contribution in [0.25, 0.3) is 0 Å². The number of benzene rings is 2. The Bertz CT molecular complexity index is 867. The van der Waals surface area contributed by atoms with E-state index in [1.807, 2.05) is 35.2 Å². The maximum absolute atomic E-state index is 11.8. The molecule has 0 aliphatic rings. The number of nitrogens with one attached hydrogen (secondary N) is 1. The Morgan fingerprint density at radius 2 is 1.81 bits per heavy atom. The molecular weight excluding hydrogens is 364 g/mol. The summed E-state index contributed by atoms with van der Waals surface area (Å²) in [5, 5.41) is 9.68. The summed E-state index contributed by atoms with van der Waals surface area (Å²) in [6.45, 7) is 4.91. The molecule has 0 spiro atoms. The predicted octanol–water partition coefficient (Wildman–Crippen LogP) is 3.95. The quantitative estimate of drug-likeness (QED) is 0.641. The van der Waals surface area contributed by atoms with Gasteiger partial charge in [0.1, 0.15) is 0 Å². The van der Waals surface area contributed by atoms with Gasteiger partial charge in [-0.15, -0.1) is 0 Å². The number of hydrogen-bond donors (Lipinski definition) is 2. The highest BCUT2D eigenvalue weighted by molar-refractivity contribution is 7.92. The molecular formula is C20H26N2O4S. The lowest BCUT2D eigenvalue weighted by molar-refractivity contribution is 0.0697. The largest absolute Gasteiger partial charge is 0.478 e. The second-order valence-corrected chi connectivity index (χ2v) is 8.31. The molecule has 6 nitrogen and oxygen atoms in total. The van der Waals surface area contributed by atoms with Gasteiger partial charge in [-0.1, -0.05) is 43.7 Å². The van der Waals surface area contributed by atoms with Crippen LogP contribution in [-0.4, -0.2) is 31.8 Å². The summed E-state index contributed by atoms with van der Waals surface area (Å²) in [7, 11) is -3.47. The Hall–Kier alpha value is -2.54. The lowest BCUT2D eigenvalue weighted by atomic mass is 10.1. The van der Waals surface area contributed by atoms with Crippen LogP contribution in [0.1, 0.15) is 42.6 Å². The maximum atomic E-state index is 11.8. The number of unbranched alkanes of at least 4 members (excludes halogenated alkanes) is 1. The Kier molecular flexibility index (Phi) is 7.24. The number of anilines is 2. The van der Waals surface area contributed by atoms with E-state index in [2.05, 4.69) is 11.6 Å². The van der Waals surface area contributed by atoms with E-state index in [4.69, 9.17) is 0 Å². The predicted molar refractivity (Wildman–Crippen MR) is 109 cm³/mol. The van der Waals surface area contributed by atoms with Crippen LogP contribution in [-0.2, 0) is 16.6 Å². The SMILES string of the molecule is CCCCN(Cc1ccccc1)c1ccc(NS(=O)(=O)CC)cc1C(=O)O. The molecule has 0 aliphatic heterocycles. The van der Waals surface area contributed by atoms with Crippen molar-refractivity contribution in [3.05, 3.63) is 59.7 Å². The molecule has 2 rings (SSSR count). The highest BCUT2D eigenvalue weighted by atomic mass is 32.2. The van der Waals surface area contributed by atoms with E-state index in [1.54, 1.807) is 12.1 Å². The zero-order valence-corrected chi connectivity index (χ0v) is 16.5. The maximum Gasteiger partial charge on any atom is 0.337 e. The molecule has 0 radical (unpaired) electrons. The van der Waals surface area contributed by atoms with Crippen molar-refractivity contribution in [2.24, 2.45) is 0 Å². The van der Waals surface area contributed by atoms with Crippen LogP contribution in [0.4, 0.5) is 11.4 Å². The minimum absolute atomic E-state index is 0.0756. The van der Waals surface area contributed by atoms with Gasteiger partial charge in [-0.2, -0.15) is 0 Å². The Labute approximate surface area is 160 Å².